The molecular formula is C27H32NO6-. The summed E-state index contributed by atoms with van der Waals surface area (Å²) < 4.78 is 11.1. The number of aliphatic carboxylic acids is 1. The van der Waals surface area contributed by atoms with Gasteiger partial charge in [-0.1, -0.05) is 33.8 Å². The fourth-order valence-electron chi connectivity index (χ4n) is 5.45. The van der Waals surface area contributed by atoms with Crippen LogP contribution in [0.1, 0.15) is 71.8 Å². The van der Waals surface area contributed by atoms with Gasteiger partial charge in [0.05, 0.1) is 12.6 Å². The summed E-state index contributed by atoms with van der Waals surface area (Å²) in [4.78, 5) is 37.7. The molecule has 1 aliphatic heterocycles. The van der Waals surface area contributed by atoms with E-state index in [4.69, 9.17) is 9.47 Å². The van der Waals surface area contributed by atoms with Gasteiger partial charge in [0.2, 0.25) is 0 Å². The third-order valence-corrected chi connectivity index (χ3v) is 6.67. The largest absolute Gasteiger partial charge is 0.546 e. The van der Waals surface area contributed by atoms with E-state index in [-0.39, 0.29) is 28.1 Å². The highest BCUT2D eigenvalue weighted by Crippen LogP contribution is 2.51. The Morgan fingerprint density at radius 1 is 0.941 bits per heavy atom. The molecule has 0 saturated carbocycles. The summed E-state index contributed by atoms with van der Waals surface area (Å²) in [6.07, 6.45) is 2.27. The second-order valence-corrected chi connectivity index (χ2v) is 11.0. The molecule has 0 bridgehead atoms. The van der Waals surface area contributed by atoms with E-state index < -0.39 is 18.5 Å². The molecule has 7 nitrogen and oxygen atoms in total. The van der Waals surface area contributed by atoms with Gasteiger partial charge in [0, 0.05) is 41.3 Å². The molecule has 3 aliphatic rings. The molecule has 182 valence electrons. The molecule has 0 atom stereocenters. The van der Waals surface area contributed by atoms with Crippen molar-refractivity contribution >= 4 is 17.5 Å². The third-order valence-electron chi connectivity index (χ3n) is 6.67. The number of carbonyl (C=O) groups excluding carboxylic acids is 3. The number of benzene rings is 1. The average Bonchev–Trinajstić information content (AvgIpc) is 2.69. The van der Waals surface area contributed by atoms with Crippen molar-refractivity contribution in [3.05, 3.63) is 46.3 Å². The molecule has 4 rings (SSSR count). The first-order valence-corrected chi connectivity index (χ1v) is 11.8. The SMILES string of the molecule is CCOc1cc(C2C3=C(CC(C)(C)CC3=O)NC3=C2C(=O)CC(C)(C)C3)ccc1OCC(=O)[O-]. The second-order valence-electron chi connectivity index (χ2n) is 11.0. The number of carboxylic acid groups (broad SMARTS) is 1. The summed E-state index contributed by atoms with van der Waals surface area (Å²) in [6.45, 7) is 9.91. The summed E-state index contributed by atoms with van der Waals surface area (Å²) in [5.41, 5.74) is 3.51. The fraction of sp³-hybridized carbons (Fsp3) is 0.519. The van der Waals surface area contributed by atoms with Crippen molar-refractivity contribution in [1.82, 2.24) is 5.32 Å². The summed E-state index contributed by atoms with van der Waals surface area (Å²) in [6, 6.07) is 5.19. The zero-order valence-electron chi connectivity index (χ0n) is 20.5. The van der Waals surface area contributed by atoms with Crippen LogP contribution >= 0.6 is 0 Å². The quantitative estimate of drug-likeness (QED) is 0.686. The molecule has 34 heavy (non-hydrogen) atoms. The van der Waals surface area contributed by atoms with Crippen LogP contribution in [-0.4, -0.2) is 30.7 Å². The number of dihydropyridines is 1. The molecule has 0 unspecified atom stereocenters. The van der Waals surface area contributed by atoms with Crippen LogP contribution in [0.25, 0.3) is 0 Å². The lowest BCUT2D eigenvalue weighted by atomic mass is 9.64. The zero-order chi connectivity index (χ0) is 24.8. The molecule has 0 amide bonds. The van der Waals surface area contributed by atoms with Crippen LogP contribution < -0.4 is 19.9 Å². The van der Waals surface area contributed by atoms with Crippen LogP contribution in [0.2, 0.25) is 0 Å². The van der Waals surface area contributed by atoms with Crippen LogP contribution in [0.15, 0.2) is 40.7 Å². The highest BCUT2D eigenvalue weighted by Gasteiger charge is 2.46. The first kappa shape index (κ1) is 24.0. The Morgan fingerprint density at radius 2 is 1.50 bits per heavy atom. The van der Waals surface area contributed by atoms with Crippen molar-refractivity contribution in [2.24, 2.45) is 10.8 Å². The Morgan fingerprint density at radius 3 is 2.00 bits per heavy atom. The van der Waals surface area contributed by atoms with Crippen LogP contribution in [0.5, 0.6) is 11.5 Å². The van der Waals surface area contributed by atoms with Gasteiger partial charge in [-0.25, -0.2) is 0 Å². The summed E-state index contributed by atoms with van der Waals surface area (Å²) >= 11 is 0. The molecule has 0 aromatic heterocycles. The van der Waals surface area contributed by atoms with E-state index in [0.717, 1.165) is 29.8 Å². The third kappa shape index (κ3) is 4.61. The molecule has 0 radical (unpaired) electrons. The van der Waals surface area contributed by atoms with Gasteiger partial charge in [0.1, 0.15) is 6.61 Å². The number of Topliss-reactive ketones (excluding diaryl/α,β-unsaturated/α-hetero) is 2. The number of nitrogens with one attached hydrogen (secondary N) is 1. The standard InChI is InChI=1S/C27H33NO6/c1-6-33-21-9-15(7-8-20(21)34-14-22(31)32)23-24-16(10-26(2,3)12-18(24)29)28-17-11-27(4,5)13-19(30)25(17)23/h7-9,23,28H,6,10-14H2,1-5H3,(H,31,32)/p-1. The minimum Gasteiger partial charge on any atom is -0.546 e. The lowest BCUT2D eigenvalue weighted by Crippen LogP contribution is -2.42. The maximum Gasteiger partial charge on any atom is 0.162 e. The number of rotatable bonds is 6. The van der Waals surface area contributed by atoms with Gasteiger partial charge >= 0.3 is 0 Å². The van der Waals surface area contributed by atoms with E-state index in [1.807, 2.05) is 6.92 Å². The van der Waals surface area contributed by atoms with Gasteiger partial charge < -0.3 is 24.7 Å². The van der Waals surface area contributed by atoms with E-state index in [0.29, 0.717) is 36.3 Å². The Bertz CT molecular complexity index is 1070. The Hall–Kier alpha value is -3.09. The van der Waals surface area contributed by atoms with E-state index in [2.05, 4.69) is 33.0 Å². The number of allylic oxidation sites excluding steroid dienone is 4. The number of ether oxygens (including phenoxy) is 2. The predicted octanol–water partition coefficient (Wildman–Crippen LogP) is 3.19. The van der Waals surface area contributed by atoms with E-state index >= 15 is 0 Å². The molecular weight excluding hydrogens is 434 g/mol. The van der Waals surface area contributed by atoms with E-state index in [1.165, 1.54) is 0 Å². The molecule has 1 aromatic rings. The predicted molar refractivity (Wildman–Crippen MR) is 124 cm³/mol. The van der Waals surface area contributed by atoms with Crippen molar-refractivity contribution in [1.29, 1.82) is 0 Å². The Balaban J connectivity index is 1.86. The van der Waals surface area contributed by atoms with Crippen LogP contribution in [-0.2, 0) is 14.4 Å². The van der Waals surface area contributed by atoms with E-state index in [1.54, 1.807) is 18.2 Å². The number of carbonyl (C=O) groups is 3. The first-order valence-electron chi connectivity index (χ1n) is 11.8. The normalized spacial score (nSPS) is 21.6. The summed E-state index contributed by atoms with van der Waals surface area (Å²) in [5, 5.41) is 14.4. The van der Waals surface area contributed by atoms with Crippen LogP contribution in [0.3, 0.4) is 0 Å². The number of hydrogen-bond donors (Lipinski definition) is 1. The lowest BCUT2D eigenvalue weighted by Gasteiger charge is -2.44. The highest BCUT2D eigenvalue weighted by atomic mass is 16.5. The van der Waals surface area contributed by atoms with Crippen molar-refractivity contribution in [3.8, 4) is 11.5 Å². The molecule has 7 heteroatoms. The monoisotopic (exact) mass is 466 g/mol. The second kappa shape index (κ2) is 8.60. The maximum absolute atomic E-state index is 13.4. The van der Waals surface area contributed by atoms with E-state index in [9.17, 15) is 19.5 Å². The average molecular weight is 467 g/mol. The van der Waals surface area contributed by atoms with Gasteiger partial charge in [0.25, 0.3) is 0 Å². The van der Waals surface area contributed by atoms with Crippen LogP contribution in [0, 0.1) is 10.8 Å². The van der Waals surface area contributed by atoms with Gasteiger partial charge in [-0.3, -0.25) is 9.59 Å². The minimum absolute atomic E-state index is 0.0446. The molecule has 1 N–H and O–H groups in total. The number of ketones is 2. The molecule has 0 saturated heterocycles. The van der Waals surface area contributed by atoms with Crippen molar-refractivity contribution in [2.45, 2.75) is 66.2 Å². The Labute approximate surface area is 200 Å². The summed E-state index contributed by atoms with van der Waals surface area (Å²) in [7, 11) is 0. The number of hydrogen-bond acceptors (Lipinski definition) is 7. The van der Waals surface area contributed by atoms with Gasteiger partial charge in [0.15, 0.2) is 23.1 Å². The fourth-order valence-corrected chi connectivity index (χ4v) is 5.45. The van der Waals surface area contributed by atoms with Crippen LogP contribution in [0.4, 0.5) is 0 Å². The lowest BCUT2D eigenvalue weighted by molar-refractivity contribution is -0.307. The maximum atomic E-state index is 13.4. The Kier molecular flexibility index (Phi) is 6.08. The molecule has 2 aliphatic carbocycles. The molecule has 1 heterocycles. The van der Waals surface area contributed by atoms with Crippen molar-refractivity contribution < 1.29 is 29.0 Å². The zero-order valence-corrected chi connectivity index (χ0v) is 20.5. The smallest absolute Gasteiger partial charge is 0.162 e. The first-order chi connectivity index (χ1) is 15.9. The van der Waals surface area contributed by atoms with Gasteiger partial charge in [-0.2, -0.15) is 0 Å². The molecule has 0 fully saturated rings. The van der Waals surface area contributed by atoms with Crippen molar-refractivity contribution in [2.75, 3.05) is 13.2 Å². The topological polar surface area (TPSA) is 105 Å². The number of carboxylic acids is 1. The molecule has 1 aromatic carbocycles. The van der Waals surface area contributed by atoms with Gasteiger partial charge in [-0.15, -0.1) is 0 Å². The highest BCUT2D eigenvalue weighted by molar-refractivity contribution is 6.06. The van der Waals surface area contributed by atoms with Crippen molar-refractivity contribution in [3.63, 3.8) is 0 Å². The molecule has 0 spiro atoms. The summed E-state index contributed by atoms with van der Waals surface area (Å²) in [5.74, 6) is -1.09. The minimum atomic E-state index is -1.33. The van der Waals surface area contributed by atoms with Gasteiger partial charge in [-0.05, 0) is 48.3 Å².